The van der Waals surface area contributed by atoms with Crippen LogP contribution in [0, 0.1) is 4.77 Å². The maximum atomic E-state index is 12.7. The number of carbonyl (C=O) groups is 1. The van der Waals surface area contributed by atoms with E-state index in [-0.39, 0.29) is 28.5 Å². The van der Waals surface area contributed by atoms with E-state index < -0.39 is 6.61 Å². The van der Waals surface area contributed by atoms with Crippen molar-refractivity contribution in [3.63, 3.8) is 0 Å². The molecule has 3 rings (SSSR count). The van der Waals surface area contributed by atoms with E-state index in [1.54, 1.807) is 44.4 Å². The van der Waals surface area contributed by atoms with Crippen LogP contribution in [0.5, 0.6) is 5.75 Å². The number of halogens is 2. The molecule has 0 radical (unpaired) electrons. The monoisotopic (exact) mass is 405 g/mol. The molecule has 2 aromatic carbocycles. The first kappa shape index (κ1) is 19.7. The standard InChI is InChI=1S/C19H17F2N3O3S/c1-23(10-11-3-6-13(7-4-11)27-18(20)21)16(25)12-5-8-14-15(9-12)22-19(28)24(2)17(14)26/h3-9,18H,10H2,1-2H3,(H,22,28). The van der Waals surface area contributed by atoms with Gasteiger partial charge in [-0.05, 0) is 48.1 Å². The van der Waals surface area contributed by atoms with Gasteiger partial charge in [-0.3, -0.25) is 14.2 Å². The number of nitrogens with zero attached hydrogens (tertiary/aromatic N) is 2. The lowest BCUT2D eigenvalue weighted by Gasteiger charge is -2.18. The molecule has 0 saturated heterocycles. The molecule has 0 saturated carbocycles. The first-order chi connectivity index (χ1) is 13.3. The fourth-order valence-electron chi connectivity index (χ4n) is 2.78. The number of hydrogen-bond donors (Lipinski definition) is 1. The Morgan fingerprint density at radius 3 is 2.57 bits per heavy atom. The Morgan fingerprint density at radius 2 is 1.93 bits per heavy atom. The zero-order chi connectivity index (χ0) is 20.4. The van der Waals surface area contributed by atoms with Gasteiger partial charge >= 0.3 is 6.61 Å². The normalized spacial score (nSPS) is 11.0. The molecular formula is C19H17F2N3O3S. The molecule has 3 aromatic rings. The van der Waals surface area contributed by atoms with Crippen LogP contribution in [0.4, 0.5) is 8.78 Å². The number of amides is 1. The van der Waals surface area contributed by atoms with Crippen molar-refractivity contribution in [1.29, 1.82) is 0 Å². The third kappa shape index (κ3) is 4.09. The highest BCUT2D eigenvalue weighted by Crippen LogP contribution is 2.17. The molecule has 146 valence electrons. The van der Waals surface area contributed by atoms with E-state index in [1.165, 1.54) is 21.6 Å². The number of rotatable bonds is 5. The summed E-state index contributed by atoms with van der Waals surface area (Å²) in [5.41, 5.74) is 1.40. The topological polar surface area (TPSA) is 67.3 Å². The number of alkyl halides is 2. The van der Waals surface area contributed by atoms with Crippen LogP contribution in [-0.2, 0) is 13.6 Å². The second-order valence-corrected chi connectivity index (χ2v) is 6.63. The summed E-state index contributed by atoms with van der Waals surface area (Å²) < 4.78 is 30.3. The van der Waals surface area contributed by atoms with Crippen LogP contribution < -0.4 is 10.3 Å². The Morgan fingerprint density at radius 1 is 1.25 bits per heavy atom. The van der Waals surface area contributed by atoms with Gasteiger partial charge in [0.15, 0.2) is 4.77 Å². The summed E-state index contributed by atoms with van der Waals surface area (Å²) in [4.78, 5) is 29.4. The number of hydrogen-bond acceptors (Lipinski definition) is 4. The van der Waals surface area contributed by atoms with Crippen molar-refractivity contribution >= 4 is 29.0 Å². The summed E-state index contributed by atoms with van der Waals surface area (Å²) in [5.74, 6) is -0.200. The van der Waals surface area contributed by atoms with Crippen LogP contribution in [0.2, 0.25) is 0 Å². The summed E-state index contributed by atoms with van der Waals surface area (Å²) in [6, 6.07) is 10.8. The predicted molar refractivity (Wildman–Crippen MR) is 103 cm³/mol. The van der Waals surface area contributed by atoms with Crippen LogP contribution in [0.25, 0.3) is 10.9 Å². The molecule has 0 atom stereocenters. The molecule has 0 spiro atoms. The Hall–Kier alpha value is -3.07. The van der Waals surface area contributed by atoms with Gasteiger partial charge < -0.3 is 14.6 Å². The van der Waals surface area contributed by atoms with Crippen LogP contribution in [0.3, 0.4) is 0 Å². The van der Waals surface area contributed by atoms with Gasteiger partial charge in [0.05, 0.1) is 10.9 Å². The molecule has 0 bridgehead atoms. The Balaban J connectivity index is 1.80. The van der Waals surface area contributed by atoms with Gasteiger partial charge in [0.1, 0.15) is 5.75 Å². The van der Waals surface area contributed by atoms with Crippen LogP contribution >= 0.6 is 12.2 Å². The highest BCUT2D eigenvalue weighted by atomic mass is 32.1. The highest BCUT2D eigenvalue weighted by molar-refractivity contribution is 7.71. The highest BCUT2D eigenvalue weighted by Gasteiger charge is 2.14. The molecule has 28 heavy (non-hydrogen) atoms. The Bertz CT molecular complexity index is 1140. The van der Waals surface area contributed by atoms with Crippen molar-refractivity contribution in [1.82, 2.24) is 14.5 Å². The maximum absolute atomic E-state index is 12.7. The van der Waals surface area contributed by atoms with Gasteiger partial charge in [-0.15, -0.1) is 0 Å². The van der Waals surface area contributed by atoms with Crippen LogP contribution in [-0.4, -0.2) is 34.0 Å². The van der Waals surface area contributed by atoms with Crippen molar-refractivity contribution < 1.29 is 18.3 Å². The molecule has 0 aliphatic carbocycles. The molecule has 9 heteroatoms. The summed E-state index contributed by atoms with van der Waals surface area (Å²) in [6.45, 7) is -2.61. The average Bonchev–Trinajstić information content (AvgIpc) is 2.66. The number of aromatic amines is 1. The van der Waals surface area contributed by atoms with Crippen molar-refractivity contribution in [2.24, 2.45) is 7.05 Å². The van der Waals surface area contributed by atoms with E-state index in [2.05, 4.69) is 9.72 Å². The van der Waals surface area contributed by atoms with Crippen molar-refractivity contribution in [2.75, 3.05) is 7.05 Å². The van der Waals surface area contributed by atoms with Gasteiger partial charge in [-0.25, -0.2) is 0 Å². The fourth-order valence-corrected chi connectivity index (χ4v) is 2.97. The van der Waals surface area contributed by atoms with Gasteiger partial charge in [0.25, 0.3) is 11.5 Å². The summed E-state index contributed by atoms with van der Waals surface area (Å²) in [7, 11) is 3.20. The van der Waals surface area contributed by atoms with Crippen LogP contribution in [0.15, 0.2) is 47.3 Å². The maximum Gasteiger partial charge on any atom is 0.387 e. The number of fused-ring (bicyclic) bond motifs is 1. The minimum absolute atomic E-state index is 0.0547. The van der Waals surface area contributed by atoms with Gasteiger partial charge in [0, 0.05) is 26.2 Å². The number of aromatic nitrogens is 2. The molecule has 1 amide bonds. The Labute approximate surface area is 164 Å². The number of nitrogens with one attached hydrogen (secondary N) is 1. The molecule has 1 N–H and O–H groups in total. The zero-order valence-corrected chi connectivity index (χ0v) is 15.9. The third-order valence-electron chi connectivity index (χ3n) is 4.26. The second kappa shape index (κ2) is 7.89. The van der Waals surface area contributed by atoms with E-state index in [0.29, 0.717) is 16.5 Å². The van der Waals surface area contributed by atoms with Gasteiger partial charge in [0.2, 0.25) is 0 Å². The largest absolute Gasteiger partial charge is 0.435 e. The molecular weight excluding hydrogens is 388 g/mol. The zero-order valence-electron chi connectivity index (χ0n) is 15.1. The van der Waals surface area contributed by atoms with E-state index in [0.717, 1.165) is 5.56 Å². The van der Waals surface area contributed by atoms with Gasteiger partial charge in [-0.1, -0.05) is 12.1 Å². The van der Waals surface area contributed by atoms with E-state index >= 15 is 0 Å². The van der Waals surface area contributed by atoms with Crippen molar-refractivity contribution in [2.45, 2.75) is 13.2 Å². The first-order valence-corrected chi connectivity index (χ1v) is 8.69. The molecule has 1 heterocycles. The number of ether oxygens (including phenoxy) is 1. The molecule has 0 aliphatic heterocycles. The first-order valence-electron chi connectivity index (χ1n) is 8.28. The minimum Gasteiger partial charge on any atom is -0.435 e. The lowest BCUT2D eigenvalue weighted by molar-refractivity contribution is -0.0498. The molecule has 1 aromatic heterocycles. The number of H-pyrrole nitrogens is 1. The lowest BCUT2D eigenvalue weighted by atomic mass is 10.1. The smallest absolute Gasteiger partial charge is 0.387 e. The van der Waals surface area contributed by atoms with E-state index in [4.69, 9.17) is 12.2 Å². The average molecular weight is 405 g/mol. The SMILES string of the molecule is CN(Cc1ccc(OC(F)F)cc1)C(=O)c1ccc2c(=O)n(C)c(=S)[nH]c2c1. The lowest BCUT2D eigenvalue weighted by Crippen LogP contribution is -2.26. The van der Waals surface area contributed by atoms with Gasteiger partial charge in [-0.2, -0.15) is 8.78 Å². The number of carbonyl (C=O) groups excluding carboxylic acids is 1. The van der Waals surface area contributed by atoms with E-state index in [1.807, 2.05) is 0 Å². The summed E-state index contributed by atoms with van der Waals surface area (Å²) >= 11 is 5.11. The van der Waals surface area contributed by atoms with Crippen molar-refractivity contribution in [3.8, 4) is 5.75 Å². The second-order valence-electron chi connectivity index (χ2n) is 6.24. The molecule has 6 nitrogen and oxygen atoms in total. The van der Waals surface area contributed by atoms with Crippen LogP contribution in [0.1, 0.15) is 15.9 Å². The fraction of sp³-hybridized carbons (Fsp3) is 0.211. The third-order valence-corrected chi connectivity index (χ3v) is 4.64. The number of benzene rings is 2. The quantitative estimate of drug-likeness (QED) is 0.660. The molecule has 0 fully saturated rings. The molecule has 0 aliphatic rings. The summed E-state index contributed by atoms with van der Waals surface area (Å²) in [6.07, 6.45) is 0. The summed E-state index contributed by atoms with van der Waals surface area (Å²) in [5, 5.41) is 0.435. The molecule has 0 unspecified atom stereocenters. The minimum atomic E-state index is -2.88. The van der Waals surface area contributed by atoms with E-state index in [9.17, 15) is 18.4 Å². The van der Waals surface area contributed by atoms with Crippen molar-refractivity contribution in [3.05, 3.63) is 68.7 Å². The predicted octanol–water partition coefficient (Wildman–Crippen LogP) is 3.47. The Kier molecular flexibility index (Phi) is 5.55.